The molecule has 0 radical (unpaired) electrons. The van der Waals surface area contributed by atoms with Crippen molar-refractivity contribution in [3.05, 3.63) is 35.0 Å². The lowest BCUT2D eigenvalue weighted by Gasteiger charge is -2.32. The minimum absolute atomic E-state index is 0.0710. The van der Waals surface area contributed by atoms with Crippen LogP contribution in [0.15, 0.2) is 24.3 Å². The highest BCUT2D eigenvalue weighted by molar-refractivity contribution is 6.48. The number of aromatic nitrogens is 1. The van der Waals surface area contributed by atoms with Gasteiger partial charge >= 0.3 is 13.1 Å². The number of hydrogen-bond acceptors (Lipinski definition) is 6. The number of halogens is 1. The molecule has 0 N–H and O–H groups in total. The summed E-state index contributed by atoms with van der Waals surface area (Å²) in [5, 5.41) is 1.17. The molecule has 0 spiro atoms. The Bertz CT molecular complexity index is 901. The van der Waals surface area contributed by atoms with E-state index in [0.717, 1.165) is 10.9 Å². The fourth-order valence-corrected chi connectivity index (χ4v) is 3.63. The summed E-state index contributed by atoms with van der Waals surface area (Å²) in [6.07, 6.45) is 0.0710. The first-order valence-corrected chi connectivity index (χ1v) is 10.1. The minimum Gasteiger partial charge on any atom is -0.497 e. The van der Waals surface area contributed by atoms with E-state index in [1.807, 2.05) is 52.0 Å². The van der Waals surface area contributed by atoms with Crippen LogP contribution in [0.2, 0.25) is 5.15 Å². The van der Waals surface area contributed by atoms with E-state index in [-0.39, 0.29) is 12.4 Å². The fraction of sp³-hybridized carbons (Fsp3) is 0.524. The molecule has 1 aliphatic heterocycles. The number of ether oxygens (including phenoxy) is 2. The summed E-state index contributed by atoms with van der Waals surface area (Å²) < 4.78 is 23.0. The van der Waals surface area contributed by atoms with Crippen LogP contribution in [0.5, 0.6) is 5.75 Å². The predicted octanol–water partition coefficient (Wildman–Crippen LogP) is 4.57. The van der Waals surface area contributed by atoms with Crippen LogP contribution >= 0.6 is 11.6 Å². The zero-order valence-electron chi connectivity index (χ0n) is 17.7. The first kappa shape index (κ1) is 21.9. The molecule has 0 aliphatic carbocycles. The van der Waals surface area contributed by atoms with E-state index in [1.54, 1.807) is 14.0 Å². The number of nitrogens with zero attached hydrogens (tertiary/aromatic N) is 1. The van der Waals surface area contributed by atoms with Gasteiger partial charge in [-0.25, -0.2) is 4.98 Å². The quantitative estimate of drug-likeness (QED) is 0.388. The molecule has 156 valence electrons. The van der Waals surface area contributed by atoms with Gasteiger partial charge in [0, 0.05) is 11.2 Å². The highest BCUT2D eigenvalue weighted by Gasteiger charge is 2.54. The van der Waals surface area contributed by atoms with Crippen molar-refractivity contribution >= 4 is 35.6 Å². The summed E-state index contributed by atoms with van der Waals surface area (Å²) in [6, 6.07) is 7.48. The van der Waals surface area contributed by atoms with Crippen LogP contribution < -0.4 is 4.74 Å². The van der Waals surface area contributed by atoms with Gasteiger partial charge in [0.15, 0.2) is 0 Å². The Hall–Kier alpha value is -1.83. The third-order valence-electron chi connectivity index (χ3n) is 5.69. The highest BCUT2D eigenvalue weighted by Crippen LogP contribution is 2.43. The Balaban J connectivity index is 2.06. The Labute approximate surface area is 177 Å². The number of methoxy groups -OCH3 is 1. The second-order valence-electron chi connectivity index (χ2n) is 8.17. The Morgan fingerprint density at radius 1 is 1.21 bits per heavy atom. The molecule has 3 rings (SSSR count). The van der Waals surface area contributed by atoms with E-state index in [9.17, 15) is 4.79 Å². The van der Waals surface area contributed by atoms with Crippen LogP contribution in [0.1, 0.15) is 52.4 Å². The van der Waals surface area contributed by atoms with Gasteiger partial charge in [-0.2, -0.15) is 0 Å². The Kier molecular flexibility index (Phi) is 6.13. The lowest BCUT2D eigenvalue weighted by Crippen LogP contribution is -2.41. The Morgan fingerprint density at radius 2 is 1.86 bits per heavy atom. The van der Waals surface area contributed by atoms with E-state index in [2.05, 4.69) is 4.98 Å². The van der Waals surface area contributed by atoms with Gasteiger partial charge in [-0.05, 0) is 64.4 Å². The number of hydrogen-bond donors (Lipinski definition) is 0. The van der Waals surface area contributed by atoms with Gasteiger partial charge in [-0.15, -0.1) is 0 Å². The van der Waals surface area contributed by atoms with Crippen molar-refractivity contribution in [1.29, 1.82) is 0 Å². The Morgan fingerprint density at radius 3 is 2.45 bits per heavy atom. The number of carbonyl (C=O) groups is 1. The molecule has 1 aliphatic rings. The second-order valence-corrected chi connectivity index (χ2v) is 8.53. The van der Waals surface area contributed by atoms with Gasteiger partial charge in [0.2, 0.25) is 0 Å². The third-order valence-corrected chi connectivity index (χ3v) is 6.00. The number of esters is 1. The van der Waals surface area contributed by atoms with Gasteiger partial charge in [0.05, 0.1) is 36.9 Å². The van der Waals surface area contributed by atoms with E-state index in [1.165, 1.54) is 0 Å². The summed E-state index contributed by atoms with van der Waals surface area (Å²) in [6.45, 7) is 9.96. The van der Waals surface area contributed by atoms with E-state index in [4.69, 9.17) is 30.4 Å². The zero-order chi connectivity index (χ0) is 21.4. The molecule has 1 fully saturated rings. The van der Waals surface area contributed by atoms with Crippen molar-refractivity contribution < 1.29 is 23.6 Å². The number of benzene rings is 1. The normalized spacial score (nSPS) is 18.7. The molecule has 1 aromatic heterocycles. The average Bonchev–Trinajstić information content (AvgIpc) is 2.86. The number of pyridine rings is 1. The van der Waals surface area contributed by atoms with E-state index >= 15 is 0 Å². The van der Waals surface area contributed by atoms with Crippen molar-refractivity contribution in [2.75, 3.05) is 13.7 Å². The molecule has 0 saturated carbocycles. The maximum Gasteiger partial charge on any atom is 0.466 e. The maximum absolute atomic E-state index is 12.4. The predicted molar refractivity (Wildman–Crippen MR) is 113 cm³/mol. The van der Waals surface area contributed by atoms with Crippen molar-refractivity contribution in [2.24, 2.45) is 0 Å². The molecule has 0 amide bonds. The van der Waals surface area contributed by atoms with Crippen molar-refractivity contribution in [3.63, 3.8) is 0 Å². The second kappa shape index (κ2) is 8.13. The van der Waals surface area contributed by atoms with Crippen LogP contribution in [0.25, 0.3) is 10.9 Å². The highest BCUT2D eigenvalue weighted by atomic mass is 35.5. The van der Waals surface area contributed by atoms with Gasteiger partial charge in [-0.1, -0.05) is 11.6 Å². The summed E-state index contributed by atoms with van der Waals surface area (Å²) in [5.74, 6) is -0.0927. The third kappa shape index (κ3) is 4.37. The fourth-order valence-electron chi connectivity index (χ4n) is 3.34. The smallest absolute Gasteiger partial charge is 0.466 e. The van der Waals surface area contributed by atoms with E-state index in [0.29, 0.717) is 23.1 Å². The molecule has 1 saturated heterocycles. The summed E-state index contributed by atoms with van der Waals surface area (Å²) in [5.41, 5.74) is 0.345. The number of fused-ring (bicyclic) bond motifs is 1. The maximum atomic E-state index is 12.4. The van der Waals surface area contributed by atoms with E-state index < -0.39 is 24.1 Å². The summed E-state index contributed by atoms with van der Waals surface area (Å²) in [4.78, 5) is 16.9. The SMILES string of the molecule is CCOC(=O)CC(B1OC(C)(C)C(C)(C)O1)c1cc2cc(OC)ccc2nc1Cl. The lowest BCUT2D eigenvalue weighted by atomic mass is 9.66. The first-order valence-electron chi connectivity index (χ1n) is 9.73. The van der Waals surface area contributed by atoms with Crippen molar-refractivity contribution in [2.45, 2.75) is 58.1 Å². The molecule has 29 heavy (non-hydrogen) atoms. The summed E-state index contributed by atoms with van der Waals surface area (Å²) >= 11 is 6.55. The molecule has 6 nitrogen and oxygen atoms in total. The van der Waals surface area contributed by atoms with Crippen LogP contribution in [0.3, 0.4) is 0 Å². The van der Waals surface area contributed by atoms with Gasteiger partial charge in [0.25, 0.3) is 0 Å². The van der Waals surface area contributed by atoms with Gasteiger partial charge in [0.1, 0.15) is 10.9 Å². The minimum atomic E-state index is -0.660. The number of rotatable bonds is 6. The standard InChI is InChI=1S/C21H27BClNO5/c1-7-27-18(25)12-16(22-28-20(2,3)21(4,5)29-22)15-11-13-10-14(26-6)8-9-17(13)24-19(15)23/h8-11,16H,7,12H2,1-6H3. The van der Waals surface area contributed by atoms with Crippen molar-refractivity contribution in [1.82, 2.24) is 4.98 Å². The average molecular weight is 420 g/mol. The largest absolute Gasteiger partial charge is 0.497 e. The molecule has 1 atom stereocenters. The lowest BCUT2D eigenvalue weighted by molar-refractivity contribution is -0.143. The van der Waals surface area contributed by atoms with Gasteiger partial charge in [-0.3, -0.25) is 4.79 Å². The molecule has 1 aromatic carbocycles. The van der Waals surface area contributed by atoms with Crippen molar-refractivity contribution in [3.8, 4) is 5.75 Å². The molecule has 0 bridgehead atoms. The molecule has 8 heteroatoms. The zero-order valence-corrected chi connectivity index (χ0v) is 18.5. The van der Waals surface area contributed by atoms with Crippen LogP contribution in [-0.2, 0) is 18.8 Å². The molecule has 1 unspecified atom stereocenters. The van der Waals surface area contributed by atoms with Gasteiger partial charge < -0.3 is 18.8 Å². The van der Waals surface area contributed by atoms with Crippen LogP contribution in [-0.4, -0.2) is 43.0 Å². The molecule has 2 heterocycles. The first-order chi connectivity index (χ1) is 13.6. The topological polar surface area (TPSA) is 66.9 Å². The van der Waals surface area contributed by atoms with Crippen LogP contribution in [0.4, 0.5) is 0 Å². The van der Waals surface area contributed by atoms with Crippen LogP contribution in [0, 0.1) is 0 Å². The molecule has 2 aromatic rings. The molecular weight excluding hydrogens is 392 g/mol. The monoisotopic (exact) mass is 419 g/mol. The summed E-state index contributed by atoms with van der Waals surface area (Å²) in [7, 11) is 0.950. The molecular formula is C21H27BClNO5. The number of carbonyl (C=O) groups excluding carboxylic acids is 1.